The molecule has 0 N–H and O–H groups in total. The Hall–Kier alpha value is -1.61. The summed E-state index contributed by atoms with van der Waals surface area (Å²) in [6.45, 7) is 0.502. The van der Waals surface area contributed by atoms with Gasteiger partial charge in [0.15, 0.2) is 0 Å². The van der Waals surface area contributed by atoms with Crippen LogP contribution < -0.4 is 4.74 Å². The Bertz CT molecular complexity index is 506. The van der Waals surface area contributed by atoms with E-state index in [0.717, 1.165) is 22.1 Å². The van der Waals surface area contributed by atoms with Gasteiger partial charge in [0, 0.05) is 15.6 Å². The standard InChI is InChI=1S/C14H11BrO2/c15-14-4-2-1-3-12(14)10-17-13-7-5-11(9-16)6-8-13/h1-9H,10H2. The summed E-state index contributed by atoms with van der Waals surface area (Å²) in [7, 11) is 0. The summed E-state index contributed by atoms with van der Waals surface area (Å²) in [6, 6.07) is 15.0. The molecular formula is C14H11BrO2. The molecule has 0 heterocycles. The summed E-state index contributed by atoms with van der Waals surface area (Å²) < 4.78 is 6.66. The molecule has 0 aliphatic heterocycles. The van der Waals surface area contributed by atoms with Crippen LogP contribution in [0.15, 0.2) is 53.0 Å². The molecule has 0 aromatic heterocycles. The van der Waals surface area contributed by atoms with Crippen molar-refractivity contribution in [3.05, 3.63) is 64.1 Å². The number of hydrogen-bond donors (Lipinski definition) is 0. The van der Waals surface area contributed by atoms with Crippen molar-refractivity contribution in [3.8, 4) is 5.75 Å². The van der Waals surface area contributed by atoms with Crippen molar-refractivity contribution >= 4 is 22.2 Å². The first kappa shape index (κ1) is 11.9. The summed E-state index contributed by atoms with van der Waals surface area (Å²) in [5.41, 5.74) is 1.74. The van der Waals surface area contributed by atoms with Gasteiger partial charge in [-0.15, -0.1) is 0 Å². The van der Waals surface area contributed by atoms with Gasteiger partial charge in [0.05, 0.1) is 0 Å². The van der Waals surface area contributed by atoms with Crippen molar-refractivity contribution in [2.45, 2.75) is 6.61 Å². The number of ether oxygens (including phenoxy) is 1. The number of rotatable bonds is 4. The van der Waals surface area contributed by atoms with E-state index in [2.05, 4.69) is 15.9 Å². The first-order valence-corrected chi connectivity index (χ1v) is 6.00. The monoisotopic (exact) mass is 290 g/mol. The zero-order valence-electron chi connectivity index (χ0n) is 9.10. The van der Waals surface area contributed by atoms with Crippen LogP contribution in [0.5, 0.6) is 5.75 Å². The fraction of sp³-hybridized carbons (Fsp3) is 0.0714. The molecule has 0 unspecified atom stereocenters. The quantitative estimate of drug-likeness (QED) is 0.800. The Balaban J connectivity index is 2.02. The van der Waals surface area contributed by atoms with Crippen LogP contribution in [-0.2, 0) is 6.61 Å². The fourth-order valence-corrected chi connectivity index (χ4v) is 1.82. The molecule has 0 spiro atoms. The second kappa shape index (κ2) is 5.64. The molecule has 2 rings (SSSR count). The minimum absolute atomic E-state index is 0.502. The van der Waals surface area contributed by atoms with Crippen LogP contribution in [0.3, 0.4) is 0 Å². The Labute approximate surface area is 108 Å². The van der Waals surface area contributed by atoms with Gasteiger partial charge in [-0.3, -0.25) is 4.79 Å². The molecular weight excluding hydrogens is 280 g/mol. The van der Waals surface area contributed by atoms with Gasteiger partial charge in [0.25, 0.3) is 0 Å². The fourth-order valence-electron chi connectivity index (χ4n) is 1.42. The van der Waals surface area contributed by atoms with Gasteiger partial charge >= 0.3 is 0 Å². The van der Waals surface area contributed by atoms with E-state index in [4.69, 9.17) is 4.74 Å². The van der Waals surface area contributed by atoms with Crippen LogP contribution in [0, 0.1) is 0 Å². The van der Waals surface area contributed by atoms with Crippen molar-refractivity contribution in [2.75, 3.05) is 0 Å². The summed E-state index contributed by atoms with van der Waals surface area (Å²) in [5, 5.41) is 0. The molecule has 0 saturated heterocycles. The summed E-state index contributed by atoms with van der Waals surface area (Å²) in [5.74, 6) is 0.756. The second-order valence-corrected chi connectivity index (χ2v) is 4.42. The molecule has 2 nitrogen and oxygen atoms in total. The van der Waals surface area contributed by atoms with E-state index in [-0.39, 0.29) is 0 Å². The molecule has 86 valence electrons. The summed E-state index contributed by atoms with van der Waals surface area (Å²) in [6.07, 6.45) is 0.817. The number of carbonyl (C=O) groups is 1. The van der Waals surface area contributed by atoms with E-state index in [1.54, 1.807) is 24.3 Å². The third kappa shape index (κ3) is 3.17. The Morgan fingerprint density at radius 1 is 1.06 bits per heavy atom. The molecule has 0 fully saturated rings. The second-order valence-electron chi connectivity index (χ2n) is 3.57. The van der Waals surface area contributed by atoms with Crippen LogP contribution in [-0.4, -0.2) is 6.29 Å². The zero-order valence-corrected chi connectivity index (χ0v) is 10.7. The minimum atomic E-state index is 0.502. The van der Waals surface area contributed by atoms with Crippen molar-refractivity contribution < 1.29 is 9.53 Å². The summed E-state index contributed by atoms with van der Waals surface area (Å²) >= 11 is 3.47. The normalized spacial score (nSPS) is 9.94. The van der Waals surface area contributed by atoms with Crippen molar-refractivity contribution in [2.24, 2.45) is 0 Å². The van der Waals surface area contributed by atoms with E-state index < -0.39 is 0 Å². The number of benzene rings is 2. The highest BCUT2D eigenvalue weighted by molar-refractivity contribution is 9.10. The average molecular weight is 291 g/mol. The molecule has 0 amide bonds. The molecule has 2 aromatic rings. The smallest absolute Gasteiger partial charge is 0.150 e. The molecule has 0 bridgehead atoms. The number of aldehydes is 1. The highest BCUT2D eigenvalue weighted by Crippen LogP contribution is 2.19. The van der Waals surface area contributed by atoms with Crippen molar-refractivity contribution in [1.29, 1.82) is 0 Å². The lowest BCUT2D eigenvalue weighted by molar-refractivity contribution is 0.112. The molecule has 17 heavy (non-hydrogen) atoms. The predicted octanol–water partition coefficient (Wildman–Crippen LogP) is 3.84. The van der Waals surface area contributed by atoms with Crippen LogP contribution in [0.2, 0.25) is 0 Å². The van der Waals surface area contributed by atoms with Gasteiger partial charge in [-0.05, 0) is 30.3 Å². The van der Waals surface area contributed by atoms with Crippen LogP contribution in [0.4, 0.5) is 0 Å². The van der Waals surface area contributed by atoms with Crippen molar-refractivity contribution in [1.82, 2.24) is 0 Å². The van der Waals surface area contributed by atoms with Crippen molar-refractivity contribution in [3.63, 3.8) is 0 Å². The van der Waals surface area contributed by atoms with Gasteiger partial charge in [-0.25, -0.2) is 0 Å². The zero-order chi connectivity index (χ0) is 12.1. The maximum Gasteiger partial charge on any atom is 0.150 e. The average Bonchev–Trinajstić information content (AvgIpc) is 2.38. The summed E-state index contributed by atoms with van der Waals surface area (Å²) in [4.78, 5) is 10.5. The molecule has 0 aliphatic rings. The molecule has 0 radical (unpaired) electrons. The van der Waals surface area contributed by atoms with Crippen LogP contribution >= 0.6 is 15.9 Å². The number of halogens is 1. The van der Waals surface area contributed by atoms with E-state index >= 15 is 0 Å². The maximum absolute atomic E-state index is 10.5. The SMILES string of the molecule is O=Cc1ccc(OCc2ccccc2Br)cc1. The molecule has 0 atom stereocenters. The van der Waals surface area contributed by atoms with E-state index in [1.807, 2.05) is 24.3 Å². The highest BCUT2D eigenvalue weighted by Gasteiger charge is 2.00. The lowest BCUT2D eigenvalue weighted by Gasteiger charge is -2.07. The lowest BCUT2D eigenvalue weighted by Crippen LogP contribution is -1.96. The maximum atomic E-state index is 10.5. The Morgan fingerprint density at radius 3 is 2.41 bits per heavy atom. The van der Waals surface area contributed by atoms with E-state index in [0.29, 0.717) is 12.2 Å². The first-order chi connectivity index (χ1) is 8.29. The predicted molar refractivity (Wildman–Crippen MR) is 70.3 cm³/mol. The van der Waals surface area contributed by atoms with Gasteiger partial charge in [0.1, 0.15) is 18.6 Å². The van der Waals surface area contributed by atoms with E-state index in [1.165, 1.54) is 0 Å². The lowest BCUT2D eigenvalue weighted by atomic mass is 10.2. The number of hydrogen-bond acceptors (Lipinski definition) is 2. The highest BCUT2D eigenvalue weighted by atomic mass is 79.9. The van der Waals surface area contributed by atoms with Crippen LogP contribution in [0.25, 0.3) is 0 Å². The topological polar surface area (TPSA) is 26.3 Å². The van der Waals surface area contributed by atoms with Gasteiger partial charge < -0.3 is 4.74 Å². The third-order valence-electron chi connectivity index (χ3n) is 2.37. The first-order valence-electron chi connectivity index (χ1n) is 5.21. The van der Waals surface area contributed by atoms with Gasteiger partial charge in [-0.2, -0.15) is 0 Å². The Kier molecular flexibility index (Phi) is 3.94. The third-order valence-corrected chi connectivity index (χ3v) is 3.14. The molecule has 3 heteroatoms. The van der Waals surface area contributed by atoms with Gasteiger partial charge in [0.2, 0.25) is 0 Å². The molecule has 0 aliphatic carbocycles. The minimum Gasteiger partial charge on any atom is -0.489 e. The van der Waals surface area contributed by atoms with Crippen LogP contribution in [0.1, 0.15) is 15.9 Å². The van der Waals surface area contributed by atoms with Gasteiger partial charge in [-0.1, -0.05) is 34.1 Å². The molecule has 2 aromatic carbocycles. The van der Waals surface area contributed by atoms with E-state index in [9.17, 15) is 4.79 Å². The largest absolute Gasteiger partial charge is 0.489 e. The Morgan fingerprint density at radius 2 is 1.76 bits per heavy atom. The molecule has 0 saturated carbocycles. The number of carbonyl (C=O) groups excluding carboxylic acids is 1.